The highest BCUT2D eigenvalue weighted by molar-refractivity contribution is 6.31. The van der Waals surface area contributed by atoms with Crippen molar-refractivity contribution in [3.8, 4) is 0 Å². The average Bonchev–Trinajstić information content (AvgIpc) is 2.98. The normalized spacial score (nSPS) is 11.1. The number of hydrogen-bond acceptors (Lipinski definition) is 11. The van der Waals surface area contributed by atoms with Gasteiger partial charge in [-0.25, -0.2) is 0 Å². The minimum atomic E-state index is 0.115. The van der Waals surface area contributed by atoms with E-state index in [0.717, 1.165) is 40.9 Å². The van der Waals surface area contributed by atoms with Crippen LogP contribution in [0.15, 0.2) is 72.8 Å². The molecular formula is C31H34ClN11. The predicted octanol–water partition coefficient (Wildman–Crippen LogP) is 5.69. The Hall–Kier alpha value is -4.87. The summed E-state index contributed by atoms with van der Waals surface area (Å²) in [5, 5.41) is 7.24. The Morgan fingerprint density at radius 3 is 1.49 bits per heavy atom. The summed E-state index contributed by atoms with van der Waals surface area (Å²) in [5.41, 5.74) is 17.3. The number of aryl methyl sites for hydroxylation is 2. The summed E-state index contributed by atoms with van der Waals surface area (Å²) in [7, 11) is 0. The molecule has 0 saturated carbocycles. The SMILES string of the molecule is CCc1ccccc1Nc1nc(N)nc(CN(Cc2nc(N)nc(Nc3ccccc3CC)n2)Cc2ccccc2Cl)n1. The van der Waals surface area contributed by atoms with Gasteiger partial charge in [0.1, 0.15) is 11.6 Å². The van der Waals surface area contributed by atoms with E-state index in [1.165, 1.54) is 0 Å². The van der Waals surface area contributed by atoms with Crippen LogP contribution in [-0.4, -0.2) is 34.8 Å². The van der Waals surface area contributed by atoms with Crippen LogP contribution in [0, 0.1) is 0 Å². The number of nitrogens with one attached hydrogen (secondary N) is 2. The molecule has 0 fully saturated rings. The highest BCUT2D eigenvalue weighted by atomic mass is 35.5. The van der Waals surface area contributed by atoms with Crippen molar-refractivity contribution in [2.75, 3.05) is 22.1 Å². The molecule has 0 aliphatic carbocycles. The quantitative estimate of drug-likeness (QED) is 0.140. The molecule has 6 N–H and O–H groups in total. The van der Waals surface area contributed by atoms with Crippen molar-refractivity contribution in [1.29, 1.82) is 0 Å². The molecule has 0 bridgehead atoms. The smallest absolute Gasteiger partial charge is 0.232 e. The van der Waals surface area contributed by atoms with Gasteiger partial charge in [0.15, 0.2) is 0 Å². The molecule has 11 nitrogen and oxygen atoms in total. The fraction of sp³-hybridized carbons (Fsp3) is 0.226. The van der Waals surface area contributed by atoms with Gasteiger partial charge in [-0.05, 0) is 47.7 Å². The number of benzene rings is 3. The van der Waals surface area contributed by atoms with Crippen molar-refractivity contribution in [2.45, 2.75) is 46.3 Å². The maximum absolute atomic E-state index is 6.54. The van der Waals surface area contributed by atoms with Gasteiger partial charge in [-0.3, -0.25) is 4.90 Å². The van der Waals surface area contributed by atoms with Gasteiger partial charge >= 0.3 is 0 Å². The number of aromatic nitrogens is 6. The van der Waals surface area contributed by atoms with E-state index in [2.05, 4.69) is 71.4 Å². The van der Waals surface area contributed by atoms with Gasteiger partial charge in [-0.1, -0.05) is 80.0 Å². The summed E-state index contributed by atoms with van der Waals surface area (Å²) in [6.45, 7) is 5.29. The Balaban J connectivity index is 1.43. The third kappa shape index (κ3) is 7.91. The van der Waals surface area contributed by atoms with Crippen molar-refractivity contribution in [2.24, 2.45) is 0 Å². The van der Waals surface area contributed by atoms with Crippen LogP contribution in [0.1, 0.15) is 42.2 Å². The van der Waals surface area contributed by atoms with Crippen LogP contribution < -0.4 is 22.1 Å². The third-order valence-electron chi connectivity index (χ3n) is 6.77. The van der Waals surface area contributed by atoms with Crippen LogP contribution >= 0.6 is 11.6 Å². The van der Waals surface area contributed by atoms with E-state index >= 15 is 0 Å². The second-order valence-corrected chi connectivity index (χ2v) is 10.3. The summed E-state index contributed by atoms with van der Waals surface area (Å²) in [6.07, 6.45) is 1.72. The summed E-state index contributed by atoms with van der Waals surface area (Å²) in [5.74, 6) is 1.93. The molecule has 0 aliphatic heterocycles. The Morgan fingerprint density at radius 2 is 1.02 bits per heavy atom. The number of nitrogen functional groups attached to an aromatic ring is 2. The zero-order valence-corrected chi connectivity index (χ0v) is 24.9. The Kier molecular flexibility index (Phi) is 9.55. The molecule has 0 radical (unpaired) electrons. The molecule has 0 atom stereocenters. The molecule has 3 aromatic carbocycles. The van der Waals surface area contributed by atoms with E-state index in [4.69, 9.17) is 23.1 Å². The Labute approximate surface area is 255 Å². The molecule has 0 unspecified atom stereocenters. The molecule has 0 spiro atoms. The average molecular weight is 596 g/mol. The second kappa shape index (κ2) is 13.9. The van der Waals surface area contributed by atoms with Crippen molar-refractivity contribution >= 4 is 46.8 Å². The molecule has 0 amide bonds. The van der Waals surface area contributed by atoms with E-state index in [9.17, 15) is 0 Å². The number of nitrogens with zero attached hydrogens (tertiary/aromatic N) is 7. The Bertz CT molecular complexity index is 1590. The highest BCUT2D eigenvalue weighted by Gasteiger charge is 2.17. The minimum absolute atomic E-state index is 0.115. The van der Waals surface area contributed by atoms with E-state index < -0.39 is 0 Å². The fourth-order valence-electron chi connectivity index (χ4n) is 4.71. The predicted molar refractivity (Wildman–Crippen MR) is 171 cm³/mol. The van der Waals surface area contributed by atoms with Gasteiger partial charge in [-0.15, -0.1) is 0 Å². The largest absolute Gasteiger partial charge is 0.368 e. The molecule has 5 aromatic rings. The molecule has 2 heterocycles. The topological polar surface area (TPSA) is 157 Å². The maximum atomic E-state index is 6.54. The van der Waals surface area contributed by atoms with Gasteiger partial charge in [0.25, 0.3) is 0 Å². The summed E-state index contributed by atoms with van der Waals surface area (Å²) in [4.78, 5) is 28.9. The zero-order chi connectivity index (χ0) is 30.2. The van der Waals surface area contributed by atoms with Crippen LogP contribution in [0.3, 0.4) is 0 Å². The van der Waals surface area contributed by atoms with Crippen LogP contribution in [0.5, 0.6) is 0 Å². The molecule has 43 heavy (non-hydrogen) atoms. The highest BCUT2D eigenvalue weighted by Crippen LogP contribution is 2.23. The molecular weight excluding hydrogens is 562 g/mol. The lowest BCUT2D eigenvalue weighted by atomic mass is 10.1. The first-order valence-corrected chi connectivity index (χ1v) is 14.4. The lowest BCUT2D eigenvalue weighted by Crippen LogP contribution is -2.26. The van der Waals surface area contributed by atoms with Crippen molar-refractivity contribution in [1.82, 2.24) is 34.8 Å². The zero-order valence-electron chi connectivity index (χ0n) is 24.1. The number of nitrogens with two attached hydrogens (primary N) is 2. The number of halogens is 1. The first-order chi connectivity index (χ1) is 20.9. The second-order valence-electron chi connectivity index (χ2n) is 9.87. The fourth-order valence-corrected chi connectivity index (χ4v) is 4.90. The standard InChI is InChI=1S/C31H34ClN11/c1-3-20-11-6-9-15-24(20)35-30-39-26(37-28(33)41-30)18-43(17-22-13-5-8-14-23(22)32)19-27-38-29(34)42-31(40-27)36-25-16-10-7-12-21(25)4-2/h5-16H,3-4,17-19H2,1-2H3,(H3,33,35,37,39,41)(H3,34,36,38,40,42). The number of hydrogen-bond donors (Lipinski definition) is 4. The van der Waals surface area contributed by atoms with Gasteiger partial charge in [0.2, 0.25) is 23.8 Å². The summed E-state index contributed by atoms with van der Waals surface area (Å²) in [6, 6.07) is 23.7. The van der Waals surface area contributed by atoms with Crippen LogP contribution in [0.4, 0.5) is 35.2 Å². The molecule has 5 rings (SSSR count). The number of anilines is 6. The molecule has 220 valence electrons. The van der Waals surface area contributed by atoms with Gasteiger partial charge < -0.3 is 22.1 Å². The van der Waals surface area contributed by atoms with Crippen molar-refractivity contribution < 1.29 is 0 Å². The van der Waals surface area contributed by atoms with Gasteiger partial charge in [0.05, 0.1) is 13.1 Å². The maximum Gasteiger partial charge on any atom is 0.232 e. The third-order valence-corrected chi connectivity index (χ3v) is 7.14. The summed E-state index contributed by atoms with van der Waals surface area (Å²) >= 11 is 6.54. The Morgan fingerprint density at radius 1 is 0.581 bits per heavy atom. The molecule has 12 heteroatoms. The van der Waals surface area contributed by atoms with Crippen LogP contribution in [0.25, 0.3) is 0 Å². The van der Waals surface area contributed by atoms with Crippen LogP contribution in [-0.2, 0) is 32.5 Å². The van der Waals surface area contributed by atoms with Crippen molar-refractivity contribution in [3.05, 3.63) is 106 Å². The van der Waals surface area contributed by atoms with E-state index in [0.29, 0.717) is 48.2 Å². The summed E-state index contributed by atoms with van der Waals surface area (Å²) < 4.78 is 0. The monoisotopic (exact) mass is 595 g/mol. The molecule has 2 aromatic heterocycles. The number of rotatable bonds is 12. The molecule has 0 saturated heterocycles. The molecule has 0 aliphatic rings. The lowest BCUT2D eigenvalue weighted by Gasteiger charge is -2.22. The van der Waals surface area contributed by atoms with Gasteiger partial charge in [0, 0.05) is 22.9 Å². The minimum Gasteiger partial charge on any atom is -0.368 e. The van der Waals surface area contributed by atoms with E-state index in [-0.39, 0.29) is 11.9 Å². The van der Waals surface area contributed by atoms with Crippen molar-refractivity contribution in [3.63, 3.8) is 0 Å². The van der Waals surface area contributed by atoms with Crippen LogP contribution in [0.2, 0.25) is 5.02 Å². The van der Waals surface area contributed by atoms with Gasteiger partial charge in [-0.2, -0.15) is 29.9 Å². The first-order valence-electron chi connectivity index (χ1n) is 14.1. The first kappa shape index (κ1) is 29.6. The lowest BCUT2D eigenvalue weighted by molar-refractivity contribution is 0.235. The van der Waals surface area contributed by atoms with E-state index in [1.54, 1.807) is 0 Å². The van der Waals surface area contributed by atoms with E-state index in [1.807, 2.05) is 60.7 Å². The number of para-hydroxylation sites is 2.